The lowest BCUT2D eigenvalue weighted by Crippen LogP contribution is -2.18. The minimum Gasteiger partial charge on any atom is -0.315 e. The normalized spacial score (nSPS) is 12.6. The van der Waals surface area contributed by atoms with Gasteiger partial charge in [-0.25, -0.2) is 8.42 Å². The molecule has 3 aromatic rings. The van der Waals surface area contributed by atoms with Gasteiger partial charge in [0.2, 0.25) is 0 Å². The second kappa shape index (κ2) is 8.85. The van der Waals surface area contributed by atoms with Gasteiger partial charge in [-0.2, -0.15) is 16.8 Å². The Kier molecular flexibility index (Phi) is 6.65. The van der Waals surface area contributed by atoms with Crippen LogP contribution in [0.15, 0.2) is 46.3 Å². The molecule has 0 bridgehead atoms. The van der Waals surface area contributed by atoms with Crippen LogP contribution in [0.4, 0.5) is 0 Å². The number of fused-ring (bicyclic) bond motifs is 1. The minimum atomic E-state index is -3.25. The quantitative estimate of drug-likeness (QED) is 0.576. The van der Waals surface area contributed by atoms with Gasteiger partial charge in [-0.15, -0.1) is 0 Å². The van der Waals surface area contributed by atoms with Gasteiger partial charge >= 0.3 is 0 Å². The topological polar surface area (TPSA) is 68.5 Å². The summed E-state index contributed by atoms with van der Waals surface area (Å²) < 4.78 is 26.4. The number of aromatic nitrogens is 1. The van der Waals surface area contributed by atoms with E-state index in [4.69, 9.17) is 0 Å². The largest absolute Gasteiger partial charge is 0.315 e. The molecule has 0 radical (unpaired) electrons. The molecule has 0 spiro atoms. The van der Waals surface area contributed by atoms with Crippen molar-refractivity contribution in [3.8, 4) is 0 Å². The maximum Gasteiger partial charge on any atom is 0.252 e. The molecule has 1 amide bonds. The van der Waals surface area contributed by atoms with E-state index < -0.39 is 9.84 Å². The molecule has 0 fully saturated rings. The van der Waals surface area contributed by atoms with Gasteiger partial charge in [0.1, 0.15) is 0 Å². The van der Waals surface area contributed by atoms with Crippen molar-refractivity contribution in [2.45, 2.75) is 31.7 Å². The Labute approximate surface area is 179 Å². The summed E-state index contributed by atoms with van der Waals surface area (Å²) in [6.45, 7) is 4.95. The first-order valence-corrected chi connectivity index (χ1v) is 13.3. The monoisotopic (exact) mass is 448 g/mol. The number of amides is 1. The predicted octanol–water partition coefficient (Wildman–Crippen LogP) is 3.76. The SMILES string of the molecule is CSCCn1c(=NC(=O)Cc2ccc(S(C)(=O)=O)cc2)sc2c(C)cc(C)cc21. The third-order valence-electron chi connectivity index (χ3n) is 4.56. The summed E-state index contributed by atoms with van der Waals surface area (Å²) in [5.41, 5.74) is 4.24. The highest BCUT2D eigenvalue weighted by atomic mass is 32.2. The van der Waals surface area contributed by atoms with Crippen molar-refractivity contribution in [1.29, 1.82) is 0 Å². The first-order valence-electron chi connectivity index (χ1n) is 9.15. The second-order valence-electron chi connectivity index (χ2n) is 7.06. The number of thioether (sulfide) groups is 1. The molecule has 0 aliphatic carbocycles. The Bertz CT molecular complexity index is 1220. The van der Waals surface area contributed by atoms with Crippen molar-refractivity contribution in [2.24, 2.45) is 4.99 Å². The van der Waals surface area contributed by atoms with Crippen molar-refractivity contribution in [3.63, 3.8) is 0 Å². The van der Waals surface area contributed by atoms with Crippen LogP contribution in [-0.4, -0.2) is 37.2 Å². The van der Waals surface area contributed by atoms with Gasteiger partial charge in [0.25, 0.3) is 5.91 Å². The van der Waals surface area contributed by atoms with Crippen molar-refractivity contribution < 1.29 is 13.2 Å². The first-order chi connectivity index (χ1) is 13.7. The second-order valence-corrected chi connectivity index (χ2v) is 11.0. The molecule has 8 heteroatoms. The molecule has 1 heterocycles. The van der Waals surface area contributed by atoms with Crippen molar-refractivity contribution >= 4 is 49.1 Å². The van der Waals surface area contributed by atoms with Gasteiger partial charge < -0.3 is 4.57 Å². The average molecular weight is 449 g/mol. The summed E-state index contributed by atoms with van der Waals surface area (Å²) >= 11 is 3.30. The summed E-state index contributed by atoms with van der Waals surface area (Å²) in [5.74, 6) is 0.698. The van der Waals surface area contributed by atoms with Gasteiger partial charge in [0.15, 0.2) is 14.6 Å². The van der Waals surface area contributed by atoms with Crippen LogP contribution in [0.5, 0.6) is 0 Å². The number of nitrogens with zero attached hydrogens (tertiary/aromatic N) is 2. The van der Waals surface area contributed by atoms with Crippen LogP contribution in [0.25, 0.3) is 10.2 Å². The molecule has 29 heavy (non-hydrogen) atoms. The van der Waals surface area contributed by atoms with Crippen LogP contribution in [-0.2, 0) is 27.6 Å². The van der Waals surface area contributed by atoms with Gasteiger partial charge in [-0.05, 0) is 55.0 Å². The number of benzene rings is 2. The molecule has 0 saturated carbocycles. The van der Waals surface area contributed by atoms with E-state index >= 15 is 0 Å². The van der Waals surface area contributed by atoms with E-state index in [9.17, 15) is 13.2 Å². The molecule has 0 N–H and O–H groups in total. The molecular formula is C21H24N2O3S3. The Balaban J connectivity index is 1.96. The molecular weight excluding hydrogens is 424 g/mol. The molecule has 0 saturated heterocycles. The van der Waals surface area contributed by atoms with Gasteiger partial charge in [0.05, 0.1) is 21.5 Å². The number of thiazole rings is 1. The van der Waals surface area contributed by atoms with E-state index in [-0.39, 0.29) is 17.2 Å². The fourth-order valence-corrected chi connectivity index (χ4v) is 5.29. The van der Waals surface area contributed by atoms with Crippen molar-refractivity contribution in [3.05, 3.63) is 57.9 Å². The van der Waals surface area contributed by atoms with Crippen molar-refractivity contribution in [2.75, 3.05) is 18.3 Å². The standard InChI is InChI=1S/C21H24N2O3S3/c1-14-11-15(2)20-18(12-14)23(9-10-27-3)21(28-20)22-19(24)13-16-5-7-17(8-6-16)29(4,25)26/h5-8,11-12H,9-10,13H2,1-4H3. The van der Waals surface area contributed by atoms with Crippen LogP contribution in [0.3, 0.4) is 0 Å². The lowest BCUT2D eigenvalue weighted by molar-refractivity contribution is -0.117. The molecule has 3 rings (SSSR count). The summed E-state index contributed by atoms with van der Waals surface area (Å²) in [7, 11) is -3.25. The third-order valence-corrected chi connectivity index (χ3v) is 7.51. The Morgan fingerprint density at radius 2 is 1.86 bits per heavy atom. The summed E-state index contributed by atoms with van der Waals surface area (Å²) in [6, 6.07) is 10.7. The molecule has 1 aromatic heterocycles. The van der Waals surface area contributed by atoms with E-state index in [1.165, 1.54) is 29.5 Å². The van der Waals surface area contributed by atoms with Crippen LogP contribution in [0, 0.1) is 13.8 Å². The van der Waals surface area contributed by atoms with Gasteiger partial charge in [-0.1, -0.05) is 29.5 Å². The highest BCUT2D eigenvalue weighted by Gasteiger charge is 2.12. The number of sulfone groups is 1. The van der Waals surface area contributed by atoms with E-state index in [1.54, 1.807) is 35.2 Å². The summed E-state index contributed by atoms with van der Waals surface area (Å²) in [4.78, 5) is 18.0. The van der Waals surface area contributed by atoms with Gasteiger partial charge in [0, 0.05) is 18.6 Å². The van der Waals surface area contributed by atoms with Gasteiger partial charge in [-0.3, -0.25) is 4.79 Å². The highest BCUT2D eigenvalue weighted by Crippen LogP contribution is 2.23. The number of carbonyl (C=O) groups excluding carboxylic acids is 1. The third kappa shape index (κ3) is 5.18. The molecule has 0 aliphatic heterocycles. The van der Waals surface area contributed by atoms with E-state index in [0.717, 1.165) is 28.1 Å². The smallest absolute Gasteiger partial charge is 0.252 e. The number of hydrogen-bond donors (Lipinski definition) is 0. The zero-order valence-corrected chi connectivity index (χ0v) is 19.4. The molecule has 2 aromatic carbocycles. The molecule has 0 aliphatic rings. The van der Waals surface area contributed by atoms with Crippen LogP contribution in [0.1, 0.15) is 16.7 Å². The lowest BCUT2D eigenvalue weighted by atomic mass is 10.1. The highest BCUT2D eigenvalue weighted by molar-refractivity contribution is 7.98. The first kappa shape index (κ1) is 21.8. The molecule has 0 unspecified atom stereocenters. The fourth-order valence-electron chi connectivity index (χ4n) is 3.17. The number of aryl methyl sites for hydroxylation is 3. The zero-order chi connectivity index (χ0) is 21.2. The zero-order valence-electron chi connectivity index (χ0n) is 16.9. The van der Waals surface area contributed by atoms with E-state index in [2.05, 4.69) is 41.8 Å². The van der Waals surface area contributed by atoms with Crippen LogP contribution >= 0.6 is 23.1 Å². The van der Waals surface area contributed by atoms with E-state index in [1.807, 2.05) is 0 Å². The Morgan fingerprint density at radius 3 is 2.48 bits per heavy atom. The fraction of sp³-hybridized carbons (Fsp3) is 0.333. The van der Waals surface area contributed by atoms with Crippen LogP contribution in [0.2, 0.25) is 0 Å². The number of carbonyl (C=O) groups is 1. The molecule has 0 atom stereocenters. The maximum absolute atomic E-state index is 12.6. The molecule has 5 nitrogen and oxygen atoms in total. The van der Waals surface area contributed by atoms with Crippen LogP contribution < -0.4 is 4.80 Å². The van der Waals surface area contributed by atoms with Crippen molar-refractivity contribution in [1.82, 2.24) is 4.57 Å². The minimum absolute atomic E-state index is 0.138. The maximum atomic E-state index is 12.6. The Hall–Kier alpha value is -1.90. The predicted molar refractivity (Wildman–Crippen MR) is 121 cm³/mol. The Morgan fingerprint density at radius 1 is 1.17 bits per heavy atom. The van der Waals surface area contributed by atoms with E-state index in [0.29, 0.717) is 4.80 Å². The summed E-state index contributed by atoms with van der Waals surface area (Å²) in [5, 5.41) is 0. The summed E-state index contributed by atoms with van der Waals surface area (Å²) in [6.07, 6.45) is 3.37. The number of rotatable bonds is 6. The molecule has 154 valence electrons. The average Bonchev–Trinajstić information content (AvgIpc) is 2.97. The number of hydrogen-bond acceptors (Lipinski definition) is 5. The lowest BCUT2D eigenvalue weighted by Gasteiger charge is -2.05.